The van der Waals surface area contributed by atoms with Crippen molar-refractivity contribution in [1.29, 1.82) is 0 Å². The highest BCUT2D eigenvalue weighted by Crippen LogP contribution is 2.37. The summed E-state index contributed by atoms with van der Waals surface area (Å²) in [6.45, 7) is 6.59. The van der Waals surface area contributed by atoms with E-state index in [0.717, 1.165) is 16.8 Å². The number of hydrogen-bond donors (Lipinski definition) is 2. The van der Waals surface area contributed by atoms with Gasteiger partial charge in [-0.3, -0.25) is 0 Å². The molecular weight excluding hydrogens is 391 g/mol. The molecule has 0 radical (unpaired) electrons. The van der Waals surface area contributed by atoms with Gasteiger partial charge in [-0.15, -0.1) is 5.10 Å². The molecule has 0 saturated carbocycles. The van der Waals surface area contributed by atoms with Gasteiger partial charge in [-0.2, -0.15) is 4.68 Å². The highest BCUT2D eigenvalue weighted by Gasteiger charge is 2.39. The number of methoxy groups -OCH3 is 1. The molecule has 3 rings (SSSR count). The van der Waals surface area contributed by atoms with Crippen LogP contribution in [-0.2, 0) is 21.6 Å². The molecule has 2 heterocycles. The van der Waals surface area contributed by atoms with Crippen LogP contribution < -0.4 is 10.6 Å². The van der Waals surface area contributed by atoms with Gasteiger partial charge in [-0.1, -0.05) is 29.3 Å². The Hall–Kier alpha value is -1.80. The highest BCUT2D eigenvalue weighted by molar-refractivity contribution is 6.42. The van der Waals surface area contributed by atoms with Crippen LogP contribution in [0.4, 0.5) is 10.6 Å². The summed E-state index contributed by atoms with van der Waals surface area (Å²) in [4.78, 5) is 12.4. The predicted molar refractivity (Wildman–Crippen MR) is 104 cm³/mol. The largest absolute Gasteiger partial charge is 0.448 e. The van der Waals surface area contributed by atoms with E-state index < -0.39 is 17.9 Å². The molecule has 0 bridgehead atoms. The van der Waals surface area contributed by atoms with Gasteiger partial charge in [0, 0.05) is 24.8 Å². The number of aromatic nitrogens is 2. The molecule has 0 spiro atoms. The molecular formula is C18H22Cl2N4O3. The molecule has 0 aliphatic carbocycles. The van der Waals surface area contributed by atoms with E-state index in [0.29, 0.717) is 22.4 Å². The molecule has 2 aromatic rings. The third-order valence-electron chi connectivity index (χ3n) is 4.47. The molecule has 1 atom stereocenters. The number of carbonyl (C=O) groups is 1. The smallest absolute Gasteiger partial charge is 0.435 e. The Labute approximate surface area is 167 Å². The van der Waals surface area contributed by atoms with Gasteiger partial charge in [-0.25, -0.2) is 4.79 Å². The first-order chi connectivity index (χ1) is 12.8. The van der Waals surface area contributed by atoms with Crippen LogP contribution in [0.15, 0.2) is 18.2 Å². The Bertz CT molecular complexity index is 867. The van der Waals surface area contributed by atoms with Crippen LogP contribution in [0, 0.1) is 0 Å². The summed E-state index contributed by atoms with van der Waals surface area (Å²) >= 11 is 12.1. The number of nitrogens with one attached hydrogen (secondary N) is 2. The lowest BCUT2D eigenvalue weighted by Crippen LogP contribution is -2.34. The molecule has 7 nitrogen and oxygen atoms in total. The van der Waals surface area contributed by atoms with E-state index in [4.69, 9.17) is 32.7 Å². The number of nitrogens with zero attached hydrogens (tertiary/aromatic N) is 2. The summed E-state index contributed by atoms with van der Waals surface area (Å²) in [5, 5.41) is 12.0. The lowest BCUT2D eigenvalue weighted by Gasteiger charge is -2.20. The molecule has 0 fully saturated rings. The maximum absolute atomic E-state index is 12.4. The molecule has 0 amide bonds. The summed E-state index contributed by atoms with van der Waals surface area (Å²) in [5.41, 5.74) is 2.04. The van der Waals surface area contributed by atoms with Gasteiger partial charge >= 0.3 is 6.09 Å². The van der Waals surface area contributed by atoms with Crippen molar-refractivity contribution in [3.05, 3.63) is 45.1 Å². The lowest BCUT2D eigenvalue weighted by atomic mass is 10.0. The van der Waals surface area contributed by atoms with Crippen molar-refractivity contribution in [3.8, 4) is 0 Å². The Morgan fingerprint density at radius 3 is 2.78 bits per heavy atom. The summed E-state index contributed by atoms with van der Waals surface area (Å²) in [6.07, 6.45) is -1.03. The molecule has 1 aliphatic heterocycles. The number of ether oxygens (including phenoxy) is 2. The van der Waals surface area contributed by atoms with E-state index in [1.807, 2.05) is 19.9 Å². The molecule has 27 heavy (non-hydrogen) atoms. The Kier molecular flexibility index (Phi) is 5.67. The van der Waals surface area contributed by atoms with Crippen molar-refractivity contribution < 1.29 is 14.3 Å². The van der Waals surface area contributed by atoms with Gasteiger partial charge in [0.2, 0.25) is 0 Å². The molecule has 0 saturated heterocycles. The summed E-state index contributed by atoms with van der Waals surface area (Å²) < 4.78 is 12.0. The van der Waals surface area contributed by atoms with Crippen molar-refractivity contribution in [2.45, 2.75) is 39.1 Å². The quantitative estimate of drug-likeness (QED) is 0.713. The minimum Gasteiger partial charge on any atom is -0.448 e. The zero-order chi connectivity index (χ0) is 19.8. The monoisotopic (exact) mass is 412 g/mol. The van der Waals surface area contributed by atoms with Crippen molar-refractivity contribution >= 4 is 35.1 Å². The number of carbonyl (C=O) groups excluding carboxylic acids is 1. The number of rotatable bonds is 5. The molecule has 9 heteroatoms. The van der Waals surface area contributed by atoms with E-state index in [-0.39, 0.29) is 6.61 Å². The average Bonchev–Trinajstić information content (AvgIpc) is 3.14. The number of fused-ring (bicyclic) bond motifs is 1. The zero-order valence-corrected chi connectivity index (χ0v) is 17.1. The fraction of sp³-hybridized carbons (Fsp3) is 0.444. The average molecular weight is 413 g/mol. The van der Waals surface area contributed by atoms with Crippen molar-refractivity contribution in [2.75, 3.05) is 19.0 Å². The summed E-state index contributed by atoms with van der Waals surface area (Å²) in [5.74, 6) is 0.550. The van der Waals surface area contributed by atoms with Crippen LogP contribution in [0.1, 0.15) is 43.8 Å². The van der Waals surface area contributed by atoms with Crippen LogP contribution in [-0.4, -0.2) is 29.6 Å². The van der Waals surface area contributed by atoms with Crippen LogP contribution in [0.5, 0.6) is 0 Å². The first kappa shape index (κ1) is 19.9. The van der Waals surface area contributed by atoms with E-state index in [1.54, 1.807) is 26.2 Å². The van der Waals surface area contributed by atoms with E-state index in [9.17, 15) is 4.79 Å². The number of anilines is 1. The van der Waals surface area contributed by atoms with Gasteiger partial charge in [0.1, 0.15) is 0 Å². The summed E-state index contributed by atoms with van der Waals surface area (Å²) in [6, 6.07) is 5.26. The fourth-order valence-corrected chi connectivity index (χ4v) is 3.47. The first-order valence-electron chi connectivity index (χ1n) is 8.57. The van der Waals surface area contributed by atoms with E-state index in [2.05, 4.69) is 15.7 Å². The van der Waals surface area contributed by atoms with E-state index >= 15 is 0 Å². The van der Waals surface area contributed by atoms with Crippen molar-refractivity contribution in [1.82, 2.24) is 15.1 Å². The summed E-state index contributed by atoms with van der Waals surface area (Å²) in [7, 11) is 1.57. The second kappa shape index (κ2) is 7.67. The molecule has 2 N–H and O–H groups in total. The Morgan fingerprint density at radius 1 is 1.41 bits per heavy atom. The van der Waals surface area contributed by atoms with E-state index in [1.165, 1.54) is 4.68 Å². The van der Waals surface area contributed by atoms with Crippen molar-refractivity contribution in [3.63, 3.8) is 0 Å². The first-order valence-corrected chi connectivity index (χ1v) is 9.33. The van der Waals surface area contributed by atoms with Gasteiger partial charge in [0.25, 0.3) is 0 Å². The van der Waals surface area contributed by atoms with Gasteiger partial charge in [0.05, 0.1) is 27.9 Å². The van der Waals surface area contributed by atoms with Crippen LogP contribution in [0.2, 0.25) is 10.0 Å². The molecule has 1 aliphatic rings. The normalized spacial score (nSPS) is 16.1. The second-order valence-electron chi connectivity index (χ2n) is 6.70. The number of hydrogen-bond acceptors (Lipinski definition) is 6. The SMILES string of the molecule is CCOC(=O)n1nc(NC(OC)c2ccc(Cl)c(Cl)c2)c2c1C(C)(C)NC2. The molecule has 146 valence electrons. The number of halogens is 2. The van der Waals surface area contributed by atoms with Crippen LogP contribution in [0.3, 0.4) is 0 Å². The predicted octanol–water partition coefficient (Wildman–Crippen LogP) is 4.29. The highest BCUT2D eigenvalue weighted by atomic mass is 35.5. The molecule has 1 aromatic heterocycles. The van der Waals surface area contributed by atoms with Gasteiger partial charge in [0.15, 0.2) is 12.0 Å². The number of benzene rings is 1. The van der Waals surface area contributed by atoms with Crippen molar-refractivity contribution in [2.24, 2.45) is 0 Å². The topological polar surface area (TPSA) is 77.4 Å². The van der Waals surface area contributed by atoms with Crippen LogP contribution >= 0.6 is 23.2 Å². The third kappa shape index (κ3) is 3.78. The molecule has 1 unspecified atom stereocenters. The standard InChI is InChI=1S/C18H22Cl2N4O3/c1-5-27-17(25)24-14-11(9-21-18(14,2)3)15(23-24)22-16(26-4)10-6-7-12(19)13(20)8-10/h6-8,16,21H,5,9H2,1-4H3,(H,22,23). The van der Waals surface area contributed by atoms with Crippen LogP contribution in [0.25, 0.3) is 0 Å². The minimum absolute atomic E-state index is 0.272. The third-order valence-corrected chi connectivity index (χ3v) is 5.21. The fourth-order valence-electron chi connectivity index (χ4n) is 3.16. The lowest BCUT2D eigenvalue weighted by molar-refractivity contribution is 0.126. The maximum Gasteiger partial charge on any atom is 0.435 e. The Morgan fingerprint density at radius 2 is 2.15 bits per heavy atom. The Balaban J connectivity index is 1.98. The second-order valence-corrected chi connectivity index (χ2v) is 7.51. The van der Waals surface area contributed by atoms with Gasteiger partial charge in [-0.05, 0) is 32.9 Å². The zero-order valence-electron chi connectivity index (χ0n) is 15.6. The molecule has 1 aromatic carbocycles. The minimum atomic E-state index is -0.516. The van der Waals surface area contributed by atoms with Gasteiger partial charge < -0.3 is 20.1 Å². The maximum atomic E-state index is 12.4.